The van der Waals surface area contributed by atoms with Crippen molar-refractivity contribution >= 4 is 5.91 Å². The number of nitrogens with one attached hydrogen (secondary N) is 2. The molecule has 0 bridgehead atoms. The lowest BCUT2D eigenvalue weighted by atomic mass is 10.0. The number of hydrogen-bond donors (Lipinski definition) is 2. The van der Waals surface area contributed by atoms with Crippen molar-refractivity contribution in [2.45, 2.75) is 25.3 Å². The number of amides is 1. The van der Waals surface area contributed by atoms with Crippen LogP contribution in [-0.4, -0.2) is 52.0 Å². The second-order valence-electron chi connectivity index (χ2n) is 3.90. The van der Waals surface area contributed by atoms with Gasteiger partial charge in [0.2, 0.25) is 5.91 Å². The second kappa shape index (κ2) is 8.50. The van der Waals surface area contributed by atoms with Gasteiger partial charge in [-0.1, -0.05) is 6.42 Å². The molecule has 1 aliphatic rings. The predicted octanol–water partition coefficient (Wildman–Crippen LogP) is -0.0923. The van der Waals surface area contributed by atoms with E-state index in [0.29, 0.717) is 26.4 Å². The summed E-state index contributed by atoms with van der Waals surface area (Å²) in [5, 5.41) is 6.07. The van der Waals surface area contributed by atoms with E-state index in [-0.39, 0.29) is 11.9 Å². The van der Waals surface area contributed by atoms with Crippen LogP contribution >= 0.6 is 0 Å². The Morgan fingerprint density at radius 2 is 2.25 bits per heavy atom. The third-order valence-corrected chi connectivity index (χ3v) is 2.60. The molecule has 0 aromatic heterocycles. The summed E-state index contributed by atoms with van der Waals surface area (Å²) in [6.45, 7) is 3.23. The molecule has 5 nitrogen and oxygen atoms in total. The van der Waals surface area contributed by atoms with Gasteiger partial charge in [-0.25, -0.2) is 0 Å². The summed E-state index contributed by atoms with van der Waals surface area (Å²) >= 11 is 0. The van der Waals surface area contributed by atoms with Gasteiger partial charge in [0.05, 0.1) is 25.9 Å². The minimum Gasteiger partial charge on any atom is -0.382 e. The molecular formula is C11H22N2O3. The third kappa shape index (κ3) is 5.44. The van der Waals surface area contributed by atoms with Gasteiger partial charge < -0.3 is 20.1 Å². The molecule has 1 amide bonds. The maximum absolute atomic E-state index is 11.6. The van der Waals surface area contributed by atoms with Crippen molar-refractivity contribution in [3.8, 4) is 0 Å². The quantitative estimate of drug-likeness (QED) is 0.600. The number of ether oxygens (including phenoxy) is 2. The topological polar surface area (TPSA) is 59.6 Å². The lowest BCUT2D eigenvalue weighted by molar-refractivity contribution is -0.123. The molecule has 2 N–H and O–H groups in total. The Bertz CT molecular complexity index is 194. The average molecular weight is 230 g/mol. The zero-order valence-corrected chi connectivity index (χ0v) is 9.96. The average Bonchev–Trinajstić information content (AvgIpc) is 2.34. The Kier molecular flexibility index (Phi) is 7.12. The van der Waals surface area contributed by atoms with E-state index in [1.807, 2.05) is 0 Å². The minimum absolute atomic E-state index is 0.00674. The fraction of sp³-hybridized carbons (Fsp3) is 0.909. The highest BCUT2D eigenvalue weighted by atomic mass is 16.5. The highest BCUT2D eigenvalue weighted by molar-refractivity contribution is 5.81. The molecule has 0 saturated carbocycles. The molecule has 0 aliphatic carbocycles. The number of rotatable bonds is 7. The molecule has 1 aliphatic heterocycles. The Labute approximate surface area is 96.9 Å². The highest BCUT2D eigenvalue weighted by Gasteiger charge is 2.19. The Hall–Kier alpha value is -0.650. The largest absolute Gasteiger partial charge is 0.382 e. The van der Waals surface area contributed by atoms with Crippen molar-refractivity contribution in [3.63, 3.8) is 0 Å². The molecule has 0 aromatic rings. The van der Waals surface area contributed by atoms with Gasteiger partial charge in [-0.15, -0.1) is 0 Å². The van der Waals surface area contributed by atoms with E-state index in [4.69, 9.17) is 9.47 Å². The third-order valence-electron chi connectivity index (χ3n) is 2.60. The first kappa shape index (κ1) is 13.4. The molecule has 1 saturated heterocycles. The van der Waals surface area contributed by atoms with E-state index in [0.717, 1.165) is 19.4 Å². The zero-order chi connectivity index (χ0) is 11.6. The predicted molar refractivity (Wildman–Crippen MR) is 61.3 cm³/mol. The summed E-state index contributed by atoms with van der Waals surface area (Å²) in [6, 6.07) is -0.00674. The van der Waals surface area contributed by atoms with Crippen LogP contribution in [0, 0.1) is 0 Å². The van der Waals surface area contributed by atoms with Gasteiger partial charge in [0.25, 0.3) is 0 Å². The van der Waals surface area contributed by atoms with Crippen LogP contribution in [0.3, 0.4) is 0 Å². The normalized spacial score (nSPS) is 20.7. The summed E-state index contributed by atoms with van der Waals surface area (Å²) in [4.78, 5) is 11.6. The van der Waals surface area contributed by atoms with E-state index in [2.05, 4.69) is 10.6 Å². The van der Waals surface area contributed by atoms with Crippen molar-refractivity contribution in [3.05, 3.63) is 0 Å². The van der Waals surface area contributed by atoms with Crippen LogP contribution in [0.25, 0.3) is 0 Å². The van der Waals surface area contributed by atoms with Crippen LogP contribution in [0.15, 0.2) is 0 Å². The number of carbonyl (C=O) groups is 1. The van der Waals surface area contributed by atoms with Crippen LogP contribution in [0.5, 0.6) is 0 Å². The summed E-state index contributed by atoms with van der Waals surface area (Å²) in [5.41, 5.74) is 0. The highest BCUT2D eigenvalue weighted by Crippen LogP contribution is 2.06. The number of piperidine rings is 1. The Morgan fingerprint density at radius 1 is 1.38 bits per heavy atom. The molecular weight excluding hydrogens is 208 g/mol. The maximum atomic E-state index is 11.6. The van der Waals surface area contributed by atoms with Gasteiger partial charge in [-0.3, -0.25) is 4.79 Å². The van der Waals surface area contributed by atoms with E-state index in [1.165, 1.54) is 6.42 Å². The summed E-state index contributed by atoms with van der Waals surface area (Å²) in [7, 11) is 1.64. The molecule has 94 valence electrons. The van der Waals surface area contributed by atoms with Crippen molar-refractivity contribution in [1.29, 1.82) is 0 Å². The number of carbonyl (C=O) groups excluding carboxylic acids is 1. The monoisotopic (exact) mass is 230 g/mol. The van der Waals surface area contributed by atoms with Gasteiger partial charge in [0, 0.05) is 13.7 Å². The van der Waals surface area contributed by atoms with Crippen molar-refractivity contribution in [2.75, 3.05) is 40.0 Å². The van der Waals surface area contributed by atoms with Gasteiger partial charge >= 0.3 is 0 Å². The van der Waals surface area contributed by atoms with E-state index >= 15 is 0 Å². The molecule has 1 atom stereocenters. The van der Waals surface area contributed by atoms with Crippen molar-refractivity contribution in [2.24, 2.45) is 0 Å². The standard InChI is InChI=1S/C11H22N2O3/c1-15-8-9-16-7-6-13-11(14)10-4-2-3-5-12-10/h10,12H,2-9H2,1H3,(H,13,14)/t10-/m0/s1. The molecule has 0 spiro atoms. The first-order valence-corrected chi connectivity index (χ1v) is 5.92. The van der Waals surface area contributed by atoms with E-state index in [1.54, 1.807) is 7.11 Å². The minimum atomic E-state index is -0.00674. The van der Waals surface area contributed by atoms with E-state index < -0.39 is 0 Å². The van der Waals surface area contributed by atoms with Gasteiger partial charge in [0.1, 0.15) is 0 Å². The molecule has 0 aromatic carbocycles. The second-order valence-corrected chi connectivity index (χ2v) is 3.90. The number of hydrogen-bond acceptors (Lipinski definition) is 4. The molecule has 1 rings (SSSR count). The van der Waals surface area contributed by atoms with Gasteiger partial charge in [-0.2, -0.15) is 0 Å². The zero-order valence-electron chi connectivity index (χ0n) is 9.96. The van der Waals surface area contributed by atoms with Crippen LogP contribution in [0.1, 0.15) is 19.3 Å². The Morgan fingerprint density at radius 3 is 2.94 bits per heavy atom. The molecule has 16 heavy (non-hydrogen) atoms. The molecule has 0 radical (unpaired) electrons. The SMILES string of the molecule is COCCOCCNC(=O)[C@@H]1CCCCN1. The summed E-state index contributed by atoms with van der Waals surface area (Å²) in [5.74, 6) is 0.0926. The lowest BCUT2D eigenvalue weighted by Crippen LogP contribution is -2.47. The van der Waals surface area contributed by atoms with Crippen LogP contribution in [-0.2, 0) is 14.3 Å². The molecule has 5 heteroatoms. The lowest BCUT2D eigenvalue weighted by Gasteiger charge is -2.22. The smallest absolute Gasteiger partial charge is 0.237 e. The Balaban J connectivity index is 1.97. The molecule has 0 unspecified atom stereocenters. The van der Waals surface area contributed by atoms with E-state index in [9.17, 15) is 4.79 Å². The fourth-order valence-corrected chi connectivity index (χ4v) is 1.69. The van der Waals surface area contributed by atoms with Crippen molar-refractivity contribution in [1.82, 2.24) is 10.6 Å². The molecule has 1 fully saturated rings. The maximum Gasteiger partial charge on any atom is 0.237 e. The fourth-order valence-electron chi connectivity index (χ4n) is 1.69. The van der Waals surface area contributed by atoms with Crippen LogP contribution in [0.2, 0.25) is 0 Å². The van der Waals surface area contributed by atoms with Gasteiger partial charge in [-0.05, 0) is 19.4 Å². The molecule has 1 heterocycles. The summed E-state index contributed by atoms with van der Waals surface area (Å²) in [6.07, 6.45) is 3.25. The van der Waals surface area contributed by atoms with Gasteiger partial charge in [0.15, 0.2) is 0 Å². The first-order chi connectivity index (χ1) is 7.84. The first-order valence-electron chi connectivity index (χ1n) is 5.92. The summed E-state index contributed by atoms with van der Waals surface area (Å²) < 4.78 is 10.1. The van der Waals surface area contributed by atoms with Crippen molar-refractivity contribution < 1.29 is 14.3 Å². The van der Waals surface area contributed by atoms with Crippen LogP contribution in [0.4, 0.5) is 0 Å². The number of methoxy groups -OCH3 is 1. The van der Waals surface area contributed by atoms with Crippen LogP contribution < -0.4 is 10.6 Å².